The van der Waals surface area contributed by atoms with Gasteiger partial charge in [-0.1, -0.05) is 36.4 Å². The van der Waals surface area contributed by atoms with Gasteiger partial charge < -0.3 is 15.5 Å². The van der Waals surface area contributed by atoms with Crippen molar-refractivity contribution in [1.82, 2.24) is 10.2 Å². The average molecular weight is 373 g/mol. The number of anilines is 1. The Labute approximate surface area is 156 Å². The summed E-state index contributed by atoms with van der Waals surface area (Å²) < 4.78 is 28.6. The maximum Gasteiger partial charge on any atom is 0.321 e. The first-order valence-electron chi connectivity index (χ1n) is 8.71. The monoisotopic (exact) mass is 373 g/mol. The lowest BCUT2D eigenvalue weighted by atomic mass is 10.0. The molecule has 0 bridgehead atoms. The van der Waals surface area contributed by atoms with E-state index in [2.05, 4.69) is 10.6 Å². The van der Waals surface area contributed by atoms with Crippen molar-refractivity contribution in [3.05, 3.63) is 65.5 Å². The van der Waals surface area contributed by atoms with Gasteiger partial charge in [-0.3, -0.25) is 4.79 Å². The van der Waals surface area contributed by atoms with Crippen molar-refractivity contribution in [1.29, 1.82) is 0 Å². The molecular formula is C20H21F2N3O2. The maximum atomic E-state index is 15.0. The van der Waals surface area contributed by atoms with Gasteiger partial charge in [0.25, 0.3) is 5.91 Å². The number of carbonyl (C=O) groups is 2. The first-order chi connectivity index (χ1) is 12.9. The number of rotatable bonds is 4. The van der Waals surface area contributed by atoms with Crippen LogP contribution in [-0.2, 0) is 11.3 Å². The summed E-state index contributed by atoms with van der Waals surface area (Å²) in [6.45, 7) is 1.61. The van der Waals surface area contributed by atoms with Crippen LogP contribution in [0.25, 0.3) is 0 Å². The molecule has 1 unspecified atom stereocenters. The van der Waals surface area contributed by atoms with E-state index in [4.69, 9.17) is 0 Å². The van der Waals surface area contributed by atoms with Crippen molar-refractivity contribution in [2.24, 2.45) is 0 Å². The summed E-state index contributed by atoms with van der Waals surface area (Å²) in [5.41, 5.74) is -0.520. The van der Waals surface area contributed by atoms with Gasteiger partial charge in [-0.05, 0) is 30.2 Å². The highest BCUT2D eigenvalue weighted by atomic mass is 19.1. The normalized spacial score (nSPS) is 19.0. The third kappa shape index (κ3) is 4.42. The third-order valence-electron chi connectivity index (χ3n) is 4.63. The van der Waals surface area contributed by atoms with E-state index in [1.807, 2.05) is 30.3 Å². The molecular weight excluding hydrogens is 352 g/mol. The number of nitrogens with one attached hydrogen (secondary N) is 2. The molecule has 142 valence electrons. The number of benzene rings is 2. The average Bonchev–Trinajstić information content (AvgIpc) is 3.07. The lowest BCUT2D eigenvalue weighted by Crippen LogP contribution is -2.46. The molecule has 2 aromatic rings. The highest BCUT2D eigenvalue weighted by Crippen LogP contribution is 2.27. The topological polar surface area (TPSA) is 61.4 Å². The molecule has 1 aliphatic heterocycles. The zero-order valence-electron chi connectivity index (χ0n) is 15.0. The number of likely N-dealkylation sites (tertiary alicyclic amines) is 1. The lowest BCUT2D eigenvalue weighted by Gasteiger charge is -2.21. The second-order valence-corrected chi connectivity index (χ2v) is 6.70. The Kier molecular flexibility index (Phi) is 5.39. The van der Waals surface area contributed by atoms with Crippen LogP contribution in [0.2, 0.25) is 0 Å². The minimum absolute atomic E-state index is 0.0801. The minimum Gasteiger partial charge on any atom is -0.349 e. The van der Waals surface area contributed by atoms with Crippen LogP contribution in [-0.4, -0.2) is 35.6 Å². The summed E-state index contributed by atoms with van der Waals surface area (Å²) >= 11 is 0. The predicted molar refractivity (Wildman–Crippen MR) is 98.5 cm³/mol. The number of carbonyl (C=O) groups excluding carboxylic acids is 2. The first kappa shape index (κ1) is 18.8. The van der Waals surface area contributed by atoms with Crippen molar-refractivity contribution in [3.63, 3.8) is 0 Å². The van der Waals surface area contributed by atoms with E-state index >= 15 is 0 Å². The van der Waals surface area contributed by atoms with E-state index in [0.29, 0.717) is 5.56 Å². The van der Waals surface area contributed by atoms with Crippen molar-refractivity contribution < 1.29 is 18.4 Å². The summed E-state index contributed by atoms with van der Waals surface area (Å²) in [6.07, 6.45) is -0.0801. The molecule has 0 saturated carbocycles. The second-order valence-electron chi connectivity index (χ2n) is 6.70. The van der Waals surface area contributed by atoms with Gasteiger partial charge in [0.2, 0.25) is 5.67 Å². The van der Waals surface area contributed by atoms with Crippen molar-refractivity contribution in [2.45, 2.75) is 25.6 Å². The maximum absolute atomic E-state index is 15.0. The number of hydrogen-bond donors (Lipinski definition) is 2. The van der Waals surface area contributed by atoms with E-state index in [9.17, 15) is 18.4 Å². The Balaban J connectivity index is 1.56. The molecule has 2 aromatic carbocycles. The summed E-state index contributed by atoms with van der Waals surface area (Å²) in [5.74, 6) is -1.17. The largest absolute Gasteiger partial charge is 0.349 e. The van der Waals surface area contributed by atoms with E-state index in [-0.39, 0.29) is 31.7 Å². The van der Waals surface area contributed by atoms with E-state index < -0.39 is 23.4 Å². The molecule has 1 fully saturated rings. The molecule has 0 spiro atoms. The second kappa shape index (κ2) is 7.73. The molecule has 1 atom stereocenters. The molecule has 1 aliphatic rings. The van der Waals surface area contributed by atoms with Crippen LogP contribution in [0.15, 0.2) is 48.5 Å². The molecule has 0 radical (unpaired) electrons. The van der Waals surface area contributed by atoms with Gasteiger partial charge >= 0.3 is 6.03 Å². The van der Waals surface area contributed by atoms with Crippen LogP contribution in [0.1, 0.15) is 17.5 Å². The molecule has 27 heavy (non-hydrogen) atoms. The summed E-state index contributed by atoms with van der Waals surface area (Å²) in [4.78, 5) is 25.8. The van der Waals surface area contributed by atoms with Gasteiger partial charge in [-0.15, -0.1) is 0 Å². The fraction of sp³-hybridized carbons (Fsp3) is 0.300. The van der Waals surface area contributed by atoms with Crippen LogP contribution >= 0.6 is 0 Å². The fourth-order valence-corrected chi connectivity index (χ4v) is 2.94. The van der Waals surface area contributed by atoms with Gasteiger partial charge in [-0.25, -0.2) is 13.6 Å². The smallest absolute Gasteiger partial charge is 0.321 e. The van der Waals surface area contributed by atoms with Crippen LogP contribution < -0.4 is 10.6 Å². The van der Waals surface area contributed by atoms with Gasteiger partial charge in [-0.2, -0.15) is 0 Å². The SMILES string of the molecule is Cc1ccc(NC(=O)N2CCC(F)(C(=O)NCc3ccccc3)C2)cc1F. The Morgan fingerprint density at radius 1 is 1.19 bits per heavy atom. The van der Waals surface area contributed by atoms with Crippen LogP contribution in [0.4, 0.5) is 19.3 Å². The highest BCUT2D eigenvalue weighted by Gasteiger charge is 2.46. The number of nitrogens with zero attached hydrogens (tertiary/aromatic N) is 1. The van der Waals surface area contributed by atoms with Crippen molar-refractivity contribution in [2.75, 3.05) is 18.4 Å². The molecule has 5 nitrogen and oxygen atoms in total. The number of halogens is 2. The van der Waals surface area contributed by atoms with Gasteiger partial charge in [0.05, 0.1) is 6.54 Å². The molecule has 3 rings (SSSR count). The molecule has 1 heterocycles. The molecule has 0 aliphatic carbocycles. The fourth-order valence-electron chi connectivity index (χ4n) is 2.94. The van der Waals surface area contributed by atoms with Gasteiger partial charge in [0.1, 0.15) is 5.82 Å². The summed E-state index contributed by atoms with van der Waals surface area (Å²) in [6, 6.07) is 13.0. The number of amides is 3. The van der Waals surface area contributed by atoms with E-state index in [1.165, 1.54) is 11.0 Å². The number of alkyl halides is 1. The lowest BCUT2D eigenvalue weighted by molar-refractivity contribution is -0.132. The molecule has 3 amide bonds. The standard InChI is InChI=1S/C20H21F2N3O2/c1-14-7-8-16(11-17(14)21)24-19(27)25-10-9-20(22,13-25)18(26)23-12-15-5-3-2-4-6-15/h2-8,11H,9-10,12-13H2,1H3,(H,23,26)(H,24,27). The molecule has 7 heteroatoms. The van der Waals surface area contributed by atoms with Crippen LogP contribution in [0, 0.1) is 12.7 Å². The Morgan fingerprint density at radius 3 is 2.63 bits per heavy atom. The summed E-state index contributed by atoms with van der Waals surface area (Å²) in [7, 11) is 0. The predicted octanol–water partition coefficient (Wildman–Crippen LogP) is 3.40. The molecule has 1 saturated heterocycles. The minimum atomic E-state index is -2.13. The third-order valence-corrected chi connectivity index (χ3v) is 4.63. The number of hydrogen-bond acceptors (Lipinski definition) is 2. The zero-order chi connectivity index (χ0) is 19.4. The van der Waals surface area contributed by atoms with Crippen LogP contribution in [0.3, 0.4) is 0 Å². The first-order valence-corrected chi connectivity index (χ1v) is 8.71. The van der Waals surface area contributed by atoms with Crippen LogP contribution in [0.5, 0.6) is 0 Å². The van der Waals surface area contributed by atoms with E-state index in [1.54, 1.807) is 19.1 Å². The Hall–Kier alpha value is -2.96. The van der Waals surface area contributed by atoms with Crippen molar-refractivity contribution >= 4 is 17.6 Å². The van der Waals surface area contributed by atoms with E-state index in [0.717, 1.165) is 5.56 Å². The zero-order valence-corrected chi connectivity index (χ0v) is 15.0. The summed E-state index contributed by atoms with van der Waals surface area (Å²) in [5, 5.41) is 5.12. The quantitative estimate of drug-likeness (QED) is 0.863. The molecule has 2 N–H and O–H groups in total. The van der Waals surface area contributed by atoms with Gasteiger partial charge in [0.15, 0.2) is 0 Å². The number of aryl methyl sites for hydroxylation is 1. The van der Waals surface area contributed by atoms with Crippen molar-refractivity contribution in [3.8, 4) is 0 Å². The Morgan fingerprint density at radius 2 is 1.93 bits per heavy atom. The highest BCUT2D eigenvalue weighted by molar-refractivity contribution is 5.92. The Bertz CT molecular complexity index is 844. The molecule has 0 aromatic heterocycles. The van der Waals surface area contributed by atoms with Gasteiger partial charge in [0, 0.05) is 25.2 Å². The number of urea groups is 1.